The number of amides is 1. The largest absolute Gasteiger partial charge is 0.494 e. The Morgan fingerprint density at radius 3 is 2.40 bits per heavy atom. The number of hydrogen-bond acceptors (Lipinski definition) is 10. The summed E-state index contributed by atoms with van der Waals surface area (Å²) < 4.78 is 32.4. The Balaban J connectivity index is 1.92. The summed E-state index contributed by atoms with van der Waals surface area (Å²) in [5.41, 5.74) is 2.78. The predicted octanol–water partition coefficient (Wildman–Crippen LogP) is 3.86. The number of sulfonamides is 1. The summed E-state index contributed by atoms with van der Waals surface area (Å²) in [6.45, 7) is 6.64. The normalized spacial score (nSPS) is 11.1. The molecule has 40 heavy (non-hydrogen) atoms. The number of likely N-dealkylation sites (N-methyl/N-ethyl adjacent to an activating group) is 2. The molecule has 1 heterocycles. The highest BCUT2D eigenvalue weighted by Gasteiger charge is 2.17. The third-order valence-electron chi connectivity index (χ3n) is 5.79. The summed E-state index contributed by atoms with van der Waals surface area (Å²) in [6, 6.07) is 12.2. The van der Waals surface area contributed by atoms with Gasteiger partial charge < -0.3 is 30.5 Å². The SMILES string of the molecule is C=CC(=O)Nc1cc(Nc2nccc(Nc3ccccc3NS(=O)(=O)CC)n2)c(OC)cc1N(C)CCN(C)C. The Bertz CT molecular complexity index is 1450. The molecule has 1 aromatic heterocycles. The summed E-state index contributed by atoms with van der Waals surface area (Å²) in [4.78, 5) is 25.1. The third-order valence-corrected chi connectivity index (χ3v) is 7.08. The Hall–Kier alpha value is -4.36. The molecule has 4 N–H and O–H groups in total. The van der Waals surface area contributed by atoms with Crippen molar-refractivity contribution < 1.29 is 17.9 Å². The molecular weight excluding hydrogens is 532 g/mol. The van der Waals surface area contributed by atoms with Gasteiger partial charge in [0.25, 0.3) is 0 Å². The first-order valence-corrected chi connectivity index (χ1v) is 14.2. The third kappa shape index (κ3) is 8.32. The first-order valence-electron chi connectivity index (χ1n) is 12.5. The number of anilines is 7. The maximum Gasteiger partial charge on any atom is 0.247 e. The van der Waals surface area contributed by atoms with Crippen LogP contribution in [-0.2, 0) is 14.8 Å². The Morgan fingerprint density at radius 2 is 1.75 bits per heavy atom. The molecule has 12 nitrogen and oxygen atoms in total. The van der Waals surface area contributed by atoms with Crippen LogP contribution in [0.2, 0.25) is 0 Å². The molecule has 0 radical (unpaired) electrons. The fraction of sp³-hybridized carbons (Fsp3) is 0.296. The van der Waals surface area contributed by atoms with Gasteiger partial charge in [-0.15, -0.1) is 0 Å². The van der Waals surface area contributed by atoms with Crippen molar-refractivity contribution in [2.45, 2.75) is 6.92 Å². The second-order valence-corrected chi connectivity index (χ2v) is 11.1. The minimum atomic E-state index is -3.47. The molecule has 214 valence electrons. The molecule has 1 amide bonds. The predicted molar refractivity (Wildman–Crippen MR) is 162 cm³/mol. The maximum atomic E-state index is 12.2. The van der Waals surface area contributed by atoms with Crippen LogP contribution in [0.25, 0.3) is 0 Å². The monoisotopic (exact) mass is 568 g/mol. The molecule has 13 heteroatoms. The van der Waals surface area contributed by atoms with Crippen LogP contribution >= 0.6 is 0 Å². The van der Waals surface area contributed by atoms with E-state index in [2.05, 4.69) is 42.1 Å². The van der Waals surface area contributed by atoms with Crippen molar-refractivity contribution >= 4 is 56.1 Å². The van der Waals surface area contributed by atoms with Crippen LogP contribution in [0.3, 0.4) is 0 Å². The Kier molecular flexibility index (Phi) is 10.3. The standard InChI is InChI=1S/C27H36N8O4S/c1-7-26(36)30-21-17-22(24(39-6)18-23(21)35(5)16-15-34(3)4)31-27-28-14-13-25(32-27)29-19-11-9-10-12-20(19)33-40(37,38)8-2/h7,9-14,17-18,33H,1,8,15-16H2,2-6H3,(H,30,36)(H2,28,29,31,32). The van der Waals surface area contributed by atoms with E-state index in [-0.39, 0.29) is 17.6 Å². The summed E-state index contributed by atoms with van der Waals surface area (Å²) in [5.74, 6) is 0.803. The Morgan fingerprint density at radius 1 is 1.02 bits per heavy atom. The number of hydrogen-bond donors (Lipinski definition) is 4. The Labute approximate surface area is 235 Å². The summed E-state index contributed by atoms with van der Waals surface area (Å²) in [6.07, 6.45) is 2.77. The number of para-hydroxylation sites is 2. The highest BCUT2D eigenvalue weighted by molar-refractivity contribution is 7.92. The van der Waals surface area contributed by atoms with E-state index < -0.39 is 10.0 Å². The van der Waals surface area contributed by atoms with Gasteiger partial charge in [0.15, 0.2) is 0 Å². The van der Waals surface area contributed by atoms with E-state index in [1.807, 2.05) is 32.1 Å². The van der Waals surface area contributed by atoms with Gasteiger partial charge in [0.1, 0.15) is 11.6 Å². The smallest absolute Gasteiger partial charge is 0.247 e. The zero-order chi connectivity index (χ0) is 29.3. The molecule has 0 atom stereocenters. The molecule has 2 aromatic carbocycles. The lowest BCUT2D eigenvalue weighted by Gasteiger charge is -2.26. The van der Waals surface area contributed by atoms with Crippen LogP contribution in [-0.4, -0.2) is 76.3 Å². The maximum absolute atomic E-state index is 12.2. The molecule has 0 bridgehead atoms. The van der Waals surface area contributed by atoms with Gasteiger partial charge in [0, 0.05) is 32.4 Å². The fourth-order valence-corrected chi connectivity index (χ4v) is 4.23. The first kappa shape index (κ1) is 30.2. The second kappa shape index (κ2) is 13.6. The molecule has 0 saturated carbocycles. The van der Waals surface area contributed by atoms with Crippen LogP contribution in [0.15, 0.2) is 61.3 Å². The number of benzene rings is 2. The van der Waals surface area contributed by atoms with E-state index in [0.717, 1.165) is 12.2 Å². The molecule has 0 fully saturated rings. The van der Waals surface area contributed by atoms with Gasteiger partial charge in [-0.2, -0.15) is 4.98 Å². The van der Waals surface area contributed by atoms with Crippen LogP contribution in [0.5, 0.6) is 5.75 Å². The second-order valence-electron chi connectivity index (χ2n) is 9.05. The number of carbonyl (C=O) groups is 1. The quantitative estimate of drug-likeness (QED) is 0.212. The number of carbonyl (C=O) groups excluding carboxylic acids is 1. The minimum absolute atomic E-state index is 0.0514. The lowest BCUT2D eigenvalue weighted by molar-refractivity contribution is -0.111. The van der Waals surface area contributed by atoms with Crippen molar-refractivity contribution in [1.82, 2.24) is 14.9 Å². The van der Waals surface area contributed by atoms with E-state index in [1.165, 1.54) is 6.08 Å². The lowest BCUT2D eigenvalue weighted by Crippen LogP contribution is -2.29. The fourth-order valence-electron chi connectivity index (χ4n) is 3.57. The molecule has 0 unspecified atom stereocenters. The zero-order valence-electron chi connectivity index (χ0n) is 23.4. The summed E-state index contributed by atoms with van der Waals surface area (Å²) in [5, 5.41) is 9.16. The van der Waals surface area contributed by atoms with Crippen LogP contribution in [0.1, 0.15) is 6.92 Å². The van der Waals surface area contributed by atoms with Crippen molar-refractivity contribution in [2.24, 2.45) is 0 Å². The van der Waals surface area contributed by atoms with Crippen molar-refractivity contribution in [1.29, 1.82) is 0 Å². The van der Waals surface area contributed by atoms with Crippen LogP contribution in [0, 0.1) is 0 Å². The van der Waals surface area contributed by atoms with Gasteiger partial charge in [-0.05, 0) is 51.4 Å². The van der Waals surface area contributed by atoms with Gasteiger partial charge >= 0.3 is 0 Å². The molecule has 3 aromatic rings. The van der Waals surface area contributed by atoms with Crippen molar-refractivity contribution in [3.63, 3.8) is 0 Å². The number of ether oxygens (including phenoxy) is 1. The van der Waals surface area contributed by atoms with Gasteiger partial charge in [-0.1, -0.05) is 18.7 Å². The number of rotatable bonds is 14. The zero-order valence-corrected chi connectivity index (χ0v) is 24.2. The number of methoxy groups -OCH3 is 1. The van der Waals surface area contributed by atoms with E-state index in [4.69, 9.17) is 4.74 Å². The molecule has 0 aliphatic heterocycles. The van der Waals surface area contributed by atoms with Gasteiger partial charge in [0.05, 0.1) is 41.3 Å². The van der Waals surface area contributed by atoms with Crippen LogP contribution < -0.4 is 30.3 Å². The lowest BCUT2D eigenvalue weighted by atomic mass is 10.2. The van der Waals surface area contributed by atoms with Gasteiger partial charge in [-0.3, -0.25) is 9.52 Å². The number of nitrogens with one attached hydrogen (secondary N) is 4. The van der Waals surface area contributed by atoms with Crippen molar-refractivity contribution in [2.75, 3.05) is 72.7 Å². The minimum Gasteiger partial charge on any atom is -0.494 e. The highest BCUT2D eigenvalue weighted by atomic mass is 32.2. The number of nitrogens with zero attached hydrogens (tertiary/aromatic N) is 4. The molecular formula is C27H36N8O4S. The molecule has 0 spiro atoms. The molecule has 0 saturated heterocycles. The van der Waals surface area contributed by atoms with Gasteiger partial charge in [0.2, 0.25) is 21.9 Å². The number of aromatic nitrogens is 2. The summed E-state index contributed by atoms with van der Waals surface area (Å²) >= 11 is 0. The topological polar surface area (TPSA) is 141 Å². The van der Waals surface area contributed by atoms with Crippen molar-refractivity contribution in [3.05, 3.63) is 61.3 Å². The van der Waals surface area contributed by atoms with Crippen molar-refractivity contribution in [3.8, 4) is 5.75 Å². The molecule has 0 aliphatic carbocycles. The van der Waals surface area contributed by atoms with E-state index in [0.29, 0.717) is 40.9 Å². The highest BCUT2D eigenvalue weighted by Crippen LogP contribution is 2.38. The van der Waals surface area contributed by atoms with Crippen LogP contribution in [0.4, 0.5) is 40.2 Å². The average Bonchev–Trinajstić information content (AvgIpc) is 2.93. The molecule has 0 aliphatic rings. The van der Waals surface area contributed by atoms with E-state index in [1.54, 1.807) is 56.6 Å². The average molecular weight is 569 g/mol. The molecule has 3 rings (SSSR count). The van der Waals surface area contributed by atoms with E-state index in [9.17, 15) is 13.2 Å². The summed E-state index contributed by atoms with van der Waals surface area (Å²) in [7, 11) is 4.01. The first-order chi connectivity index (χ1) is 19.0. The van der Waals surface area contributed by atoms with Gasteiger partial charge in [-0.25, -0.2) is 13.4 Å². The van der Waals surface area contributed by atoms with E-state index >= 15 is 0 Å².